The molecular formula is C12H17BrN2O3S. The third-order valence-corrected chi connectivity index (χ3v) is 6.08. The Hall–Kier alpha value is -0.790. The number of nitrogen functional groups attached to an aromatic ring is 1. The standard InChI is InChI=1S/C12H17BrN2O3S/c1-8-4-3-5-15(8)19(16,17)12-7-10(14)9(13)6-11(12)18-2/h6-8H,3-5,14H2,1-2H3. The zero-order valence-corrected chi connectivity index (χ0v) is 13.3. The predicted octanol–water partition coefficient (Wildman–Crippen LogP) is 2.21. The highest BCUT2D eigenvalue weighted by atomic mass is 79.9. The van der Waals surface area contributed by atoms with Crippen molar-refractivity contribution in [2.45, 2.75) is 30.7 Å². The third-order valence-electron chi connectivity index (χ3n) is 3.36. The summed E-state index contributed by atoms with van der Waals surface area (Å²) in [6.07, 6.45) is 1.77. The molecule has 1 aromatic carbocycles. The first-order chi connectivity index (χ1) is 8.87. The fourth-order valence-corrected chi connectivity index (χ4v) is 4.50. The van der Waals surface area contributed by atoms with Crippen molar-refractivity contribution >= 4 is 31.6 Å². The van der Waals surface area contributed by atoms with Crippen LogP contribution in [0.15, 0.2) is 21.5 Å². The molecule has 2 rings (SSSR count). The smallest absolute Gasteiger partial charge is 0.247 e. The molecule has 0 saturated carbocycles. The van der Waals surface area contributed by atoms with Gasteiger partial charge >= 0.3 is 0 Å². The molecule has 0 radical (unpaired) electrons. The molecule has 1 atom stereocenters. The molecule has 1 heterocycles. The van der Waals surface area contributed by atoms with Crippen LogP contribution in [-0.2, 0) is 10.0 Å². The van der Waals surface area contributed by atoms with Crippen molar-refractivity contribution in [3.05, 3.63) is 16.6 Å². The van der Waals surface area contributed by atoms with E-state index in [0.29, 0.717) is 22.5 Å². The Morgan fingerprint density at radius 1 is 1.47 bits per heavy atom. The Bertz CT molecular complexity index is 589. The Balaban J connectivity index is 2.54. The maximum atomic E-state index is 12.7. The highest BCUT2D eigenvalue weighted by Gasteiger charge is 2.34. The lowest BCUT2D eigenvalue weighted by atomic mass is 10.3. The summed E-state index contributed by atoms with van der Waals surface area (Å²) in [5, 5.41) is 0. The molecule has 1 aliphatic rings. The van der Waals surface area contributed by atoms with Crippen LogP contribution >= 0.6 is 15.9 Å². The second-order valence-electron chi connectivity index (χ2n) is 4.63. The first kappa shape index (κ1) is 14.6. The van der Waals surface area contributed by atoms with Crippen LogP contribution in [0, 0.1) is 0 Å². The number of anilines is 1. The number of halogens is 1. The highest BCUT2D eigenvalue weighted by molar-refractivity contribution is 9.10. The summed E-state index contributed by atoms with van der Waals surface area (Å²) >= 11 is 3.27. The number of methoxy groups -OCH3 is 1. The zero-order chi connectivity index (χ0) is 14.2. The van der Waals surface area contributed by atoms with E-state index in [9.17, 15) is 8.42 Å². The minimum Gasteiger partial charge on any atom is -0.495 e. The van der Waals surface area contributed by atoms with Gasteiger partial charge < -0.3 is 10.5 Å². The van der Waals surface area contributed by atoms with Crippen molar-refractivity contribution in [2.24, 2.45) is 0 Å². The maximum Gasteiger partial charge on any atom is 0.247 e. The highest BCUT2D eigenvalue weighted by Crippen LogP contribution is 2.36. The van der Waals surface area contributed by atoms with E-state index in [1.54, 1.807) is 6.07 Å². The molecule has 1 aliphatic heterocycles. The lowest BCUT2D eigenvalue weighted by Gasteiger charge is -2.22. The molecule has 5 nitrogen and oxygen atoms in total. The third kappa shape index (κ3) is 2.59. The average Bonchev–Trinajstić information content (AvgIpc) is 2.79. The molecule has 0 bridgehead atoms. The summed E-state index contributed by atoms with van der Waals surface area (Å²) in [4.78, 5) is 0.129. The van der Waals surface area contributed by atoms with E-state index in [-0.39, 0.29) is 10.9 Å². The van der Waals surface area contributed by atoms with Crippen LogP contribution in [0.25, 0.3) is 0 Å². The SMILES string of the molecule is COc1cc(Br)c(N)cc1S(=O)(=O)N1CCCC1C. The Labute approximate surface area is 121 Å². The number of hydrogen-bond donors (Lipinski definition) is 1. The van der Waals surface area contributed by atoms with Crippen molar-refractivity contribution in [1.29, 1.82) is 0 Å². The number of ether oxygens (including phenoxy) is 1. The molecule has 0 spiro atoms. The second-order valence-corrected chi connectivity index (χ2v) is 7.34. The van der Waals surface area contributed by atoms with Gasteiger partial charge in [0, 0.05) is 22.7 Å². The number of rotatable bonds is 3. The van der Waals surface area contributed by atoms with Crippen molar-refractivity contribution in [3.63, 3.8) is 0 Å². The van der Waals surface area contributed by atoms with Crippen molar-refractivity contribution in [1.82, 2.24) is 4.31 Å². The van der Waals surface area contributed by atoms with Gasteiger partial charge in [-0.25, -0.2) is 8.42 Å². The molecule has 1 aromatic rings. The van der Waals surface area contributed by atoms with Crippen LogP contribution in [0.4, 0.5) is 5.69 Å². The first-order valence-electron chi connectivity index (χ1n) is 6.02. The van der Waals surface area contributed by atoms with E-state index in [0.717, 1.165) is 12.8 Å². The molecule has 106 valence electrons. The van der Waals surface area contributed by atoms with Gasteiger partial charge in [0.15, 0.2) is 0 Å². The molecule has 7 heteroatoms. The monoisotopic (exact) mass is 348 g/mol. The molecule has 2 N–H and O–H groups in total. The minimum absolute atomic E-state index is 0.0135. The van der Waals surface area contributed by atoms with Crippen LogP contribution in [0.1, 0.15) is 19.8 Å². The average molecular weight is 349 g/mol. The Morgan fingerprint density at radius 2 is 2.16 bits per heavy atom. The molecule has 0 aliphatic carbocycles. The van der Waals surface area contributed by atoms with E-state index in [1.165, 1.54) is 17.5 Å². The normalized spacial score (nSPS) is 20.7. The van der Waals surface area contributed by atoms with Gasteiger partial charge in [0.25, 0.3) is 0 Å². The largest absolute Gasteiger partial charge is 0.495 e. The van der Waals surface area contributed by atoms with Gasteiger partial charge in [0.05, 0.1) is 7.11 Å². The van der Waals surface area contributed by atoms with E-state index >= 15 is 0 Å². The molecule has 1 saturated heterocycles. The van der Waals surface area contributed by atoms with E-state index in [1.807, 2.05) is 6.92 Å². The van der Waals surface area contributed by atoms with Crippen LogP contribution in [0.2, 0.25) is 0 Å². The fraction of sp³-hybridized carbons (Fsp3) is 0.500. The summed E-state index contributed by atoms with van der Waals surface area (Å²) in [5.41, 5.74) is 6.17. The van der Waals surface area contributed by atoms with Gasteiger partial charge in [0.2, 0.25) is 10.0 Å². The van der Waals surface area contributed by atoms with Crippen LogP contribution in [-0.4, -0.2) is 32.4 Å². The molecule has 1 fully saturated rings. The van der Waals surface area contributed by atoms with Crippen molar-refractivity contribution < 1.29 is 13.2 Å². The first-order valence-corrected chi connectivity index (χ1v) is 8.26. The number of nitrogens with zero attached hydrogens (tertiary/aromatic N) is 1. The second kappa shape index (κ2) is 5.30. The van der Waals surface area contributed by atoms with Crippen LogP contribution < -0.4 is 10.5 Å². The van der Waals surface area contributed by atoms with Crippen LogP contribution in [0.3, 0.4) is 0 Å². The molecular weight excluding hydrogens is 332 g/mol. The lowest BCUT2D eigenvalue weighted by Crippen LogP contribution is -2.33. The predicted molar refractivity (Wildman–Crippen MR) is 77.7 cm³/mol. The molecule has 1 unspecified atom stereocenters. The minimum atomic E-state index is -3.56. The molecule has 19 heavy (non-hydrogen) atoms. The van der Waals surface area contributed by atoms with E-state index < -0.39 is 10.0 Å². The molecule has 0 amide bonds. The summed E-state index contributed by atoms with van der Waals surface area (Å²) in [6, 6.07) is 3.05. The van der Waals surface area contributed by atoms with Gasteiger partial charge in [-0.3, -0.25) is 0 Å². The number of hydrogen-bond acceptors (Lipinski definition) is 4. The Kier molecular flexibility index (Phi) is 4.08. The summed E-state index contributed by atoms with van der Waals surface area (Å²) < 4.78 is 32.6. The summed E-state index contributed by atoms with van der Waals surface area (Å²) in [6.45, 7) is 2.46. The quantitative estimate of drug-likeness (QED) is 0.850. The van der Waals surface area contributed by atoms with Crippen molar-refractivity contribution in [3.8, 4) is 5.75 Å². The summed E-state index contributed by atoms with van der Waals surface area (Å²) in [7, 11) is -2.11. The van der Waals surface area contributed by atoms with Gasteiger partial charge in [-0.15, -0.1) is 0 Å². The Morgan fingerprint density at radius 3 is 2.68 bits per heavy atom. The van der Waals surface area contributed by atoms with Crippen molar-refractivity contribution in [2.75, 3.05) is 19.4 Å². The van der Waals surface area contributed by atoms with Gasteiger partial charge in [0.1, 0.15) is 10.6 Å². The zero-order valence-electron chi connectivity index (χ0n) is 10.9. The van der Waals surface area contributed by atoms with Gasteiger partial charge in [-0.2, -0.15) is 4.31 Å². The van der Waals surface area contributed by atoms with E-state index in [2.05, 4.69) is 15.9 Å². The number of benzene rings is 1. The maximum absolute atomic E-state index is 12.7. The number of sulfonamides is 1. The topological polar surface area (TPSA) is 72.6 Å². The van der Waals surface area contributed by atoms with Crippen LogP contribution in [0.5, 0.6) is 5.75 Å². The van der Waals surface area contributed by atoms with Gasteiger partial charge in [-0.1, -0.05) is 0 Å². The number of nitrogens with two attached hydrogens (primary N) is 1. The fourth-order valence-electron chi connectivity index (χ4n) is 2.30. The lowest BCUT2D eigenvalue weighted by molar-refractivity contribution is 0.386. The van der Waals surface area contributed by atoms with Gasteiger partial charge in [-0.05, 0) is 47.8 Å². The summed E-state index contributed by atoms with van der Waals surface area (Å²) in [5.74, 6) is 0.306. The van der Waals surface area contributed by atoms with E-state index in [4.69, 9.17) is 10.5 Å². The molecule has 0 aromatic heterocycles.